The Labute approximate surface area is 87.7 Å². The first-order valence-electron chi connectivity index (χ1n) is 2.84. The topological polar surface area (TPSA) is 26.3 Å². The van der Waals surface area contributed by atoms with Gasteiger partial charge in [-0.15, -0.1) is 0 Å². The molecule has 0 aromatic heterocycles. The van der Waals surface area contributed by atoms with Crippen molar-refractivity contribution in [2.45, 2.75) is 17.2 Å². The summed E-state index contributed by atoms with van der Waals surface area (Å²) in [6.07, 6.45) is -4.76. The maximum atomic E-state index is 11.6. The Balaban J connectivity index is 3.73. The molecule has 74 valence electrons. The number of hydrogen-bond donors (Lipinski definition) is 0. The van der Waals surface area contributed by atoms with Gasteiger partial charge in [0.25, 0.3) is 0 Å². The molecular formula is C5H6F3I2O2-. The Kier molecular flexibility index (Phi) is 5.99. The second-order valence-corrected chi connectivity index (χ2v) is 7.24. The summed E-state index contributed by atoms with van der Waals surface area (Å²) in [5.41, 5.74) is 0. The van der Waals surface area contributed by atoms with Crippen LogP contribution in [0.4, 0.5) is 13.2 Å². The van der Waals surface area contributed by atoms with E-state index in [0.29, 0.717) is 0 Å². The third-order valence-corrected chi connectivity index (χ3v) is 6.35. The quantitative estimate of drug-likeness (QED) is 0.437. The molecule has 0 N–H and O–H groups in total. The van der Waals surface area contributed by atoms with Crippen LogP contribution in [-0.4, -0.2) is 22.7 Å². The van der Waals surface area contributed by atoms with E-state index in [1.54, 1.807) is 6.92 Å². The molecule has 1 atom stereocenters. The molecule has 0 bridgehead atoms. The fourth-order valence-corrected chi connectivity index (χ4v) is 1.52. The molecule has 0 saturated carbocycles. The van der Waals surface area contributed by atoms with Gasteiger partial charge in [0, 0.05) is 0 Å². The Morgan fingerprint density at radius 1 is 1.67 bits per heavy atom. The molecule has 0 rings (SSSR count). The number of carbonyl (C=O) groups excluding carboxylic acids is 1. The van der Waals surface area contributed by atoms with Gasteiger partial charge in [0.2, 0.25) is 0 Å². The van der Waals surface area contributed by atoms with Crippen LogP contribution in [0.5, 0.6) is 0 Å². The molecule has 12 heavy (non-hydrogen) atoms. The van der Waals surface area contributed by atoms with Gasteiger partial charge in [-0.3, -0.25) is 0 Å². The minimum absolute atomic E-state index is 0.212. The summed E-state index contributed by atoms with van der Waals surface area (Å²) in [6, 6.07) is 0. The molecule has 0 aromatic rings. The fourth-order valence-electron chi connectivity index (χ4n) is 0.296. The Morgan fingerprint density at radius 3 is 2.50 bits per heavy atom. The summed E-state index contributed by atoms with van der Waals surface area (Å²) in [5, 5.41) is 0. The van der Waals surface area contributed by atoms with Crippen LogP contribution < -0.4 is 17.2 Å². The summed E-state index contributed by atoms with van der Waals surface area (Å²) >= 11 is 1.78. The van der Waals surface area contributed by atoms with Gasteiger partial charge in [-0.2, -0.15) is 0 Å². The zero-order valence-corrected chi connectivity index (χ0v) is 10.3. The third-order valence-electron chi connectivity index (χ3n) is 0.876. The van der Waals surface area contributed by atoms with E-state index < -0.39 is 18.6 Å². The second-order valence-electron chi connectivity index (χ2n) is 1.86. The number of halogens is 5. The van der Waals surface area contributed by atoms with Crippen LogP contribution in [0.2, 0.25) is 0 Å². The van der Waals surface area contributed by atoms with Gasteiger partial charge in [0.05, 0.1) is 0 Å². The van der Waals surface area contributed by atoms with E-state index in [4.69, 9.17) is 0 Å². The predicted molar refractivity (Wildman–Crippen MR) is 40.5 cm³/mol. The molecule has 0 fully saturated rings. The first-order chi connectivity index (χ1) is 5.38. The normalized spacial score (nSPS) is 14.8. The summed E-state index contributed by atoms with van der Waals surface area (Å²) in [5.74, 6) is -1.82. The maximum absolute atomic E-state index is 11.6. The van der Waals surface area contributed by atoms with Crippen LogP contribution in [0.15, 0.2) is 0 Å². The van der Waals surface area contributed by atoms with Crippen molar-refractivity contribution in [1.82, 2.24) is 0 Å². The fraction of sp³-hybridized carbons (Fsp3) is 0.800. The predicted octanol–water partition coefficient (Wildman–Crippen LogP) is -1.08. The minimum atomic E-state index is -4.76. The van der Waals surface area contributed by atoms with Crippen molar-refractivity contribution < 1.29 is 39.9 Å². The van der Waals surface area contributed by atoms with Crippen molar-refractivity contribution in [2.75, 3.05) is 6.61 Å². The Bertz CT molecular complexity index is 159. The van der Waals surface area contributed by atoms with Crippen LogP contribution in [-0.2, 0) is 9.53 Å². The molecule has 0 aromatic carbocycles. The number of rotatable bonds is 4. The van der Waals surface area contributed by atoms with Crippen molar-refractivity contribution in [1.29, 1.82) is 0 Å². The first-order valence-corrected chi connectivity index (χ1v) is 10.4. The van der Waals surface area contributed by atoms with Crippen molar-refractivity contribution >= 4 is 24.4 Å². The monoisotopic (exact) mass is 409 g/mol. The zero-order valence-electron chi connectivity index (χ0n) is 5.99. The summed E-state index contributed by atoms with van der Waals surface area (Å²) < 4.78 is 39.2. The number of ether oxygens (including phenoxy) is 1. The average Bonchev–Trinajstić information content (AvgIpc) is 1.97. The van der Waals surface area contributed by atoms with Gasteiger partial charge in [-0.25, -0.2) is 0 Å². The van der Waals surface area contributed by atoms with E-state index in [9.17, 15) is 18.0 Å². The number of hydrogen-bond acceptors (Lipinski definition) is 2. The number of alkyl halides is 4. The standard InChI is InChI=1S/C5H6F3I2O2/c1-3(10-9)12-2-4(11)5(6,7)8/h3H,2H2,1H3/q-1/t3-/m1/s1. The SMILES string of the molecule is C[C@@H](OCC(=O)C(F)(F)F)[I-]I. The van der Waals surface area contributed by atoms with Crippen molar-refractivity contribution in [3.63, 3.8) is 0 Å². The molecule has 0 unspecified atom stereocenters. The van der Waals surface area contributed by atoms with E-state index in [0.717, 1.165) is 0 Å². The van der Waals surface area contributed by atoms with Gasteiger partial charge < -0.3 is 0 Å². The molecule has 0 aliphatic rings. The average molecular weight is 409 g/mol. The zero-order chi connectivity index (χ0) is 9.78. The molecule has 0 saturated heterocycles. The van der Waals surface area contributed by atoms with Crippen molar-refractivity contribution in [3.05, 3.63) is 0 Å². The van der Waals surface area contributed by atoms with E-state index in [1.165, 1.54) is 0 Å². The molecule has 0 spiro atoms. The third kappa shape index (κ3) is 5.51. The Hall–Kier alpha value is 0.880. The number of ketones is 1. The second kappa shape index (κ2) is 5.58. The summed E-state index contributed by atoms with van der Waals surface area (Å²) in [7, 11) is 0. The first kappa shape index (κ1) is 12.9. The van der Waals surface area contributed by atoms with Gasteiger partial charge in [0.1, 0.15) is 0 Å². The van der Waals surface area contributed by atoms with Crippen LogP contribution >= 0.6 is 18.6 Å². The van der Waals surface area contributed by atoms with Gasteiger partial charge in [-0.1, -0.05) is 0 Å². The van der Waals surface area contributed by atoms with Crippen LogP contribution in [0.1, 0.15) is 6.92 Å². The van der Waals surface area contributed by atoms with Gasteiger partial charge >= 0.3 is 88.1 Å². The molecule has 0 aliphatic carbocycles. The van der Waals surface area contributed by atoms with E-state index in [1.807, 2.05) is 0 Å². The van der Waals surface area contributed by atoms with E-state index >= 15 is 0 Å². The molecule has 0 radical (unpaired) electrons. The van der Waals surface area contributed by atoms with Crippen LogP contribution in [0, 0.1) is 0 Å². The molecule has 0 aliphatic heterocycles. The molecule has 7 heteroatoms. The van der Waals surface area contributed by atoms with Crippen molar-refractivity contribution in [3.8, 4) is 0 Å². The summed E-state index contributed by atoms with van der Waals surface area (Å²) in [6.45, 7) is 0.802. The van der Waals surface area contributed by atoms with Crippen LogP contribution in [0.25, 0.3) is 0 Å². The van der Waals surface area contributed by atoms with Crippen molar-refractivity contribution in [2.24, 2.45) is 0 Å². The summed E-state index contributed by atoms with van der Waals surface area (Å²) in [4.78, 5) is 10.2. The number of carbonyl (C=O) groups is 1. The van der Waals surface area contributed by atoms with E-state index in [-0.39, 0.29) is 21.3 Å². The Morgan fingerprint density at radius 2 is 2.17 bits per heavy atom. The van der Waals surface area contributed by atoms with Gasteiger partial charge in [0.15, 0.2) is 0 Å². The van der Waals surface area contributed by atoms with Crippen LogP contribution in [0.3, 0.4) is 0 Å². The molecule has 0 heterocycles. The van der Waals surface area contributed by atoms with E-state index in [2.05, 4.69) is 23.4 Å². The number of Topliss-reactive ketones (excluding diaryl/α,β-unsaturated/α-hetero) is 1. The molecular weight excluding hydrogens is 403 g/mol. The van der Waals surface area contributed by atoms with Gasteiger partial charge in [-0.05, 0) is 0 Å². The molecule has 2 nitrogen and oxygen atoms in total. The molecule has 0 amide bonds.